The molecule has 23 heavy (non-hydrogen) atoms. The van der Waals surface area contributed by atoms with Crippen molar-refractivity contribution in [2.45, 2.75) is 32.8 Å². The van der Waals surface area contributed by atoms with E-state index < -0.39 is 0 Å². The third kappa shape index (κ3) is 4.42. The largest absolute Gasteiger partial charge is 0.376 e. The van der Waals surface area contributed by atoms with Gasteiger partial charge in [0.05, 0.1) is 6.10 Å². The van der Waals surface area contributed by atoms with E-state index in [1.807, 2.05) is 25.1 Å². The van der Waals surface area contributed by atoms with Gasteiger partial charge >= 0.3 is 0 Å². The van der Waals surface area contributed by atoms with E-state index in [0.29, 0.717) is 5.95 Å². The van der Waals surface area contributed by atoms with Gasteiger partial charge in [-0.3, -0.25) is 0 Å². The lowest BCUT2D eigenvalue weighted by molar-refractivity contribution is 0.120. The van der Waals surface area contributed by atoms with Crippen LogP contribution in [0, 0.1) is 13.8 Å². The third-order valence-electron chi connectivity index (χ3n) is 3.80. The molecule has 1 unspecified atom stereocenters. The fraction of sp³-hybridized carbons (Fsp3) is 0.412. The maximum Gasteiger partial charge on any atom is 0.224 e. The van der Waals surface area contributed by atoms with Crippen LogP contribution in [-0.4, -0.2) is 29.2 Å². The third-order valence-corrected chi connectivity index (χ3v) is 4.69. The number of nitrogens with one attached hydrogen (secondary N) is 2. The monoisotopic (exact) mass is 376 g/mol. The molecule has 1 aromatic heterocycles. The minimum atomic E-state index is 0.268. The highest BCUT2D eigenvalue weighted by Crippen LogP contribution is 2.23. The Hall–Kier alpha value is -1.66. The average molecular weight is 377 g/mol. The van der Waals surface area contributed by atoms with Gasteiger partial charge in [-0.15, -0.1) is 0 Å². The minimum absolute atomic E-state index is 0.268. The first-order valence-corrected chi connectivity index (χ1v) is 8.64. The van der Waals surface area contributed by atoms with Crippen molar-refractivity contribution >= 4 is 33.4 Å². The van der Waals surface area contributed by atoms with E-state index in [0.717, 1.165) is 47.7 Å². The van der Waals surface area contributed by atoms with Crippen molar-refractivity contribution in [3.8, 4) is 0 Å². The van der Waals surface area contributed by atoms with Crippen molar-refractivity contribution in [1.82, 2.24) is 9.97 Å². The molecule has 1 aromatic carbocycles. The number of hydrogen-bond acceptors (Lipinski definition) is 5. The first-order chi connectivity index (χ1) is 11.1. The zero-order valence-electron chi connectivity index (χ0n) is 13.4. The van der Waals surface area contributed by atoms with Gasteiger partial charge in [-0.1, -0.05) is 15.9 Å². The summed E-state index contributed by atoms with van der Waals surface area (Å²) in [5.74, 6) is 1.42. The number of aromatic nitrogens is 2. The zero-order valence-corrected chi connectivity index (χ0v) is 15.0. The molecule has 1 fully saturated rings. The van der Waals surface area contributed by atoms with Crippen molar-refractivity contribution in [3.05, 3.63) is 40.0 Å². The summed E-state index contributed by atoms with van der Waals surface area (Å²) in [6.07, 6.45) is 2.50. The van der Waals surface area contributed by atoms with Crippen LogP contribution in [0.15, 0.2) is 28.7 Å². The number of rotatable bonds is 5. The number of aryl methyl sites for hydroxylation is 2. The Morgan fingerprint density at radius 2 is 2.13 bits per heavy atom. The van der Waals surface area contributed by atoms with Crippen LogP contribution < -0.4 is 10.6 Å². The highest BCUT2D eigenvalue weighted by atomic mass is 79.9. The lowest BCUT2D eigenvalue weighted by atomic mass is 10.2. The van der Waals surface area contributed by atoms with E-state index >= 15 is 0 Å². The normalized spacial score (nSPS) is 17.3. The molecule has 1 aliphatic rings. The first-order valence-electron chi connectivity index (χ1n) is 7.84. The molecular formula is C17H21BrN4O. The van der Waals surface area contributed by atoms with E-state index in [1.165, 1.54) is 5.56 Å². The van der Waals surface area contributed by atoms with Crippen molar-refractivity contribution in [2.75, 3.05) is 23.8 Å². The van der Waals surface area contributed by atoms with Crippen molar-refractivity contribution in [1.29, 1.82) is 0 Å². The average Bonchev–Trinajstić information content (AvgIpc) is 3.02. The first kappa shape index (κ1) is 16.2. The number of anilines is 3. The van der Waals surface area contributed by atoms with Crippen molar-refractivity contribution in [3.63, 3.8) is 0 Å². The van der Waals surface area contributed by atoms with E-state index in [2.05, 4.69) is 49.5 Å². The predicted molar refractivity (Wildman–Crippen MR) is 96.4 cm³/mol. The lowest BCUT2D eigenvalue weighted by Crippen LogP contribution is -2.20. The maximum atomic E-state index is 5.62. The predicted octanol–water partition coefficient (Wildman–Crippen LogP) is 4.19. The van der Waals surface area contributed by atoms with Crippen LogP contribution in [0.1, 0.15) is 24.1 Å². The number of hydrogen-bond donors (Lipinski definition) is 2. The second-order valence-electron chi connectivity index (χ2n) is 5.82. The molecule has 5 nitrogen and oxygen atoms in total. The summed E-state index contributed by atoms with van der Waals surface area (Å²) < 4.78 is 6.72. The van der Waals surface area contributed by atoms with Gasteiger partial charge in [0.25, 0.3) is 0 Å². The molecule has 1 saturated heterocycles. The SMILES string of the molecule is Cc1cc(Nc2ccc(Br)c(C)c2)nc(NCC2CCCO2)n1. The molecule has 6 heteroatoms. The summed E-state index contributed by atoms with van der Waals surface area (Å²) >= 11 is 3.52. The van der Waals surface area contributed by atoms with Crippen LogP contribution in [0.4, 0.5) is 17.5 Å². The summed E-state index contributed by atoms with van der Waals surface area (Å²) in [5, 5.41) is 6.62. The fourth-order valence-electron chi connectivity index (χ4n) is 2.59. The van der Waals surface area contributed by atoms with Crippen LogP contribution in [0.25, 0.3) is 0 Å². The fourth-order valence-corrected chi connectivity index (χ4v) is 2.84. The second kappa shape index (κ2) is 7.27. The lowest BCUT2D eigenvalue weighted by Gasteiger charge is -2.13. The molecule has 1 aliphatic heterocycles. The van der Waals surface area contributed by atoms with Crippen LogP contribution >= 0.6 is 15.9 Å². The van der Waals surface area contributed by atoms with Gasteiger partial charge in [-0.05, 0) is 50.5 Å². The highest BCUT2D eigenvalue weighted by molar-refractivity contribution is 9.10. The summed E-state index contributed by atoms with van der Waals surface area (Å²) in [7, 11) is 0. The van der Waals surface area contributed by atoms with E-state index in [-0.39, 0.29) is 6.10 Å². The van der Waals surface area contributed by atoms with Gasteiger partial charge in [0.15, 0.2) is 0 Å². The van der Waals surface area contributed by atoms with Gasteiger partial charge in [-0.2, -0.15) is 4.98 Å². The number of ether oxygens (including phenoxy) is 1. The Morgan fingerprint density at radius 1 is 1.26 bits per heavy atom. The van der Waals surface area contributed by atoms with Gasteiger partial charge in [-0.25, -0.2) is 4.98 Å². The standard InChI is InChI=1S/C17H21BrN4O/c1-11-8-13(5-6-15(11)18)21-16-9-12(2)20-17(22-16)19-10-14-4-3-7-23-14/h5-6,8-9,14H,3-4,7,10H2,1-2H3,(H2,19,20,21,22). The van der Waals surface area contributed by atoms with E-state index in [4.69, 9.17) is 4.74 Å². The molecule has 0 radical (unpaired) electrons. The molecule has 0 bridgehead atoms. The van der Waals surface area contributed by atoms with Crippen molar-refractivity contribution < 1.29 is 4.74 Å². The van der Waals surface area contributed by atoms with Gasteiger partial charge in [0.2, 0.25) is 5.95 Å². The molecule has 2 aromatic rings. The summed E-state index contributed by atoms with van der Waals surface area (Å²) in [4.78, 5) is 8.98. The topological polar surface area (TPSA) is 59.1 Å². The Morgan fingerprint density at radius 3 is 2.87 bits per heavy atom. The Balaban J connectivity index is 1.70. The summed E-state index contributed by atoms with van der Waals surface area (Å²) in [5.41, 5.74) is 3.11. The molecule has 122 valence electrons. The van der Waals surface area contributed by atoms with Gasteiger partial charge < -0.3 is 15.4 Å². The molecule has 1 atom stereocenters. The molecule has 3 rings (SSSR count). The van der Waals surface area contributed by atoms with Gasteiger partial charge in [0, 0.05) is 35.1 Å². The molecule has 0 spiro atoms. The molecule has 2 heterocycles. The quantitative estimate of drug-likeness (QED) is 0.818. The molecule has 2 N–H and O–H groups in total. The minimum Gasteiger partial charge on any atom is -0.376 e. The van der Waals surface area contributed by atoms with Crippen LogP contribution in [-0.2, 0) is 4.74 Å². The maximum absolute atomic E-state index is 5.62. The van der Waals surface area contributed by atoms with Gasteiger partial charge in [0.1, 0.15) is 5.82 Å². The van der Waals surface area contributed by atoms with E-state index in [9.17, 15) is 0 Å². The van der Waals surface area contributed by atoms with Crippen LogP contribution in [0.5, 0.6) is 0 Å². The zero-order chi connectivity index (χ0) is 16.2. The molecule has 0 aliphatic carbocycles. The molecule has 0 amide bonds. The number of halogens is 1. The van der Waals surface area contributed by atoms with Crippen molar-refractivity contribution in [2.24, 2.45) is 0 Å². The summed E-state index contributed by atoms with van der Waals surface area (Å²) in [6, 6.07) is 8.08. The molecule has 0 saturated carbocycles. The van der Waals surface area contributed by atoms with E-state index in [1.54, 1.807) is 0 Å². The highest BCUT2D eigenvalue weighted by Gasteiger charge is 2.15. The Bertz CT molecular complexity index is 686. The molecular weight excluding hydrogens is 356 g/mol. The smallest absolute Gasteiger partial charge is 0.224 e. The summed E-state index contributed by atoms with van der Waals surface area (Å²) in [6.45, 7) is 5.64. The Kier molecular flexibility index (Phi) is 5.13. The second-order valence-corrected chi connectivity index (χ2v) is 6.68. The van der Waals surface area contributed by atoms with Crippen LogP contribution in [0.3, 0.4) is 0 Å². The Labute approximate surface area is 145 Å². The number of benzene rings is 1. The number of nitrogens with zero attached hydrogens (tertiary/aromatic N) is 2. The van der Waals surface area contributed by atoms with Crippen LogP contribution in [0.2, 0.25) is 0 Å².